The van der Waals surface area contributed by atoms with Gasteiger partial charge in [-0.2, -0.15) is 0 Å². The maximum atomic E-state index is 11.5. The zero-order chi connectivity index (χ0) is 13.1. The van der Waals surface area contributed by atoms with Gasteiger partial charge in [0.15, 0.2) is 0 Å². The third-order valence-corrected chi connectivity index (χ3v) is 2.93. The van der Waals surface area contributed by atoms with Gasteiger partial charge in [-0.3, -0.25) is 0 Å². The van der Waals surface area contributed by atoms with Crippen LogP contribution in [0.5, 0.6) is 5.75 Å². The maximum absolute atomic E-state index is 11.5. The van der Waals surface area contributed by atoms with E-state index in [4.69, 9.17) is 39.5 Å². The van der Waals surface area contributed by atoms with E-state index < -0.39 is 9.76 Å². The second-order valence-electron chi connectivity index (χ2n) is 3.11. The summed E-state index contributed by atoms with van der Waals surface area (Å²) in [5, 5.41) is 0. The van der Waals surface area contributed by atoms with Crippen LogP contribution >= 0.6 is 50.7 Å². The summed E-state index contributed by atoms with van der Waals surface area (Å²) in [6.07, 6.45) is 2.23. The molecule has 2 nitrogen and oxygen atoms in total. The summed E-state index contributed by atoms with van der Waals surface area (Å²) in [5.74, 6) is -0.608. The Kier molecular flexibility index (Phi) is 5.32. The normalized spacial score (nSPS) is 11.1. The molecule has 0 bridgehead atoms. The molecule has 0 unspecified atom stereocenters. The van der Waals surface area contributed by atoms with Crippen molar-refractivity contribution in [2.75, 3.05) is 0 Å². The highest BCUT2D eigenvalue weighted by molar-refractivity contribution is 9.10. The van der Waals surface area contributed by atoms with Crippen molar-refractivity contribution in [1.82, 2.24) is 0 Å². The molecule has 0 radical (unpaired) electrons. The number of halogens is 4. The minimum Gasteiger partial charge on any atom is -0.422 e. The summed E-state index contributed by atoms with van der Waals surface area (Å²) < 4.78 is 3.58. The average Bonchev–Trinajstić information content (AvgIpc) is 2.22. The smallest absolute Gasteiger partial charge is 0.363 e. The zero-order valence-corrected chi connectivity index (χ0v) is 12.4. The Hall–Kier alpha value is -0.220. The number of allylic oxidation sites excluding steroid dienone is 1. The Morgan fingerprint density at radius 2 is 2.12 bits per heavy atom. The van der Waals surface area contributed by atoms with E-state index in [2.05, 4.69) is 22.5 Å². The first-order valence-electron chi connectivity index (χ1n) is 4.53. The second kappa shape index (κ2) is 6.10. The number of carbonyl (C=O) groups excluding carboxylic acids is 1. The van der Waals surface area contributed by atoms with E-state index in [-0.39, 0.29) is 0 Å². The maximum Gasteiger partial charge on any atom is 0.363 e. The van der Waals surface area contributed by atoms with Crippen LogP contribution in [0, 0.1) is 0 Å². The molecule has 0 aromatic heterocycles. The highest BCUT2D eigenvalue weighted by Crippen LogP contribution is 2.34. The van der Waals surface area contributed by atoms with Crippen molar-refractivity contribution in [3.05, 3.63) is 40.9 Å². The van der Waals surface area contributed by atoms with E-state index in [1.165, 1.54) is 0 Å². The number of benzene rings is 1. The van der Waals surface area contributed by atoms with Gasteiger partial charge in [0.25, 0.3) is 3.79 Å². The van der Waals surface area contributed by atoms with Crippen molar-refractivity contribution >= 4 is 56.7 Å². The van der Waals surface area contributed by atoms with Gasteiger partial charge in [0.2, 0.25) is 0 Å². The Morgan fingerprint density at radius 1 is 1.47 bits per heavy atom. The lowest BCUT2D eigenvalue weighted by atomic mass is 10.1. The molecule has 0 aliphatic carbocycles. The van der Waals surface area contributed by atoms with Gasteiger partial charge >= 0.3 is 5.97 Å². The third kappa shape index (κ3) is 4.18. The van der Waals surface area contributed by atoms with E-state index in [1.54, 1.807) is 18.2 Å². The number of hydrogen-bond donors (Lipinski definition) is 0. The van der Waals surface area contributed by atoms with Gasteiger partial charge in [0.1, 0.15) is 5.75 Å². The molecule has 92 valence electrons. The minimum atomic E-state index is -2.10. The molecular formula is C11H8BrCl3O2. The number of ether oxygens (including phenoxy) is 1. The van der Waals surface area contributed by atoms with E-state index in [0.717, 1.165) is 5.56 Å². The molecule has 0 aliphatic heterocycles. The van der Waals surface area contributed by atoms with Gasteiger partial charge in [-0.05, 0) is 34.0 Å². The molecule has 0 heterocycles. The number of esters is 1. The fourth-order valence-corrected chi connectivity index (χ4v) is 1.74. The molecule has 1 aromatic carbocycles. The topological polar surface area (TPSA) is 26.3 Å². The summed E-state index contributed by atoms with van der Waals surface area (Å²) in [6.45, 7) is 3.62. The Balaban J connectivity index is 3.04. The largest absolute Gasteiger partial charge is 0.422 e. The van der Waals surface area contributed by atoms with Gasteiger partial charge in [-0.15, -0.1) is 6.58 Å². The first kappa shape index (κ1) is 14.8. The van der Waals surface area contributed by atoms with Gasteiger partial charge in [-0.25, -0.2) is 4.79 Å². The van der Waals surface area contributed by atoms with Crippen molar-refractivity contribution in [3.8, 4) is 5.75 Å². The van der Waals surface area contributed by atoms with Crippen molar-refractivity contribution in [3.63, 3.8) is 0 Å². The van der Waals surface area contributed by atoms with Crippen LogP contribution in [0.4, 0.5) is 0 Å². The van der Waals surface area contributed by atoms with Crippen molar-refractivity contribution in [2.24, 2.45) is 0 Å². The van der Waals surface area contributed by atoms with Crippen LogP contribution in [0.25, 0.3) is 0 Å². The lowest BCUT2D eigenvalue weighted by molar-refractivity contribution is -0.133. The summed E-state index contributed by atoms with van der Waals surface area (Å²) in [7, 11) is 0. The van der Waals surface area contributed by atoms with Crippen LogP contribution in [-0.4, -0.2) is 9.76 Å². The van der Waals surface area contributed by atoms with Crippen molar-refractivity contribution in [1.29, 1.82) is 0 Å². The van der Waals surface area contributed by atoms with E-state index in [9.17, 15) is 4.79 Å². The van der Waals surface area contributed by atoms with E-state index in [0.29, 0.717) is 16.6 Å². The summed E-state index contributed by atoms with van der Waals surface area (Å²) in [6, 6.07) is 5.34. The predicted octanol–water partition coefficient (Wildman–Crippen LogP) is 4.45. The second-order valence-corrected chi connectivity index (χ2v) is 6.24. The van der Waals surface area contributed by atoms with Crippen molar-refractivity contribution in [2.45, 2.75) is 10.2 Å². The molecule has 1 aromatic rings. The number of rotatable bonds is 3. The average molecular weight is 358 g/mol. The Bertz CT molecular complexity index is 441. The molecule has 0 N–H and O–H groups in total. The zero-order valence-electron chi connectivity index (χ0n) is 8.55. The number of carbonyl (C=O) groups is 1. The lowest BCUT2D eigenvalue weighted by Gasteiger charge is -2.14. The van der Waals surface area contributed by atoms with Crippen LogP contribution in [0.3, 0.4) is 0 Å². The highest BCUT2D eigenvalue weighted by Gasteiger charge is 2.34. The quantitative estimate of drug-likeness (QED) is 0.345. The molecular weight excluding hydrogens is 350 g/mol. The number of para-hydroxylation sites is 1. The fraction of sp³-hybridized carbons (Fsp3) is 0.182. The Morgan fingerprint density at radius 3 is 2.65 bits per heavy atom. The minimum absolute atomic E-state index is 0.337. The molecule has 1 rings (SSSR count). The summed E-state index contributed by atoms with van der Waals surface area (Å²) in [5.41, 5.74) is 0.775. The van der Waals surface area contributed by atoms with E-state index >= 15 is 0 Å². The SMILES string of the molecule is C=CCc1cccc(Br)c1OC(=O)C(Cl)(Cl)Cl. The third-order valence-electron chi connectivity index (χ3n) is 1.84. The monoisotopic (exact) mass is 356 g/mol. The van der Waals surface area contributed by atoms with Crippen LogP contribution in [-0.2, 0) is 11.2 Å². The molecule has 0 atom stereocenters. The van der Waals surface area contributed by atoms with Gasteiger partial charge in [0, 0.05) is 0 Å². The lowest BCUT2D eigenvalue weighted by Crippen LogP contribution is -2.25. The number of alkyl halides is 3. The van der Waals surface area contributed by atoms with Crippen LogP contribution < -0.4 is 4.74 Å². The molecule has 0 saturated heterocycles. The van der Waals surface area contributed by atoms with Gasteiger partial charge < -0.3 is 4.74 Å². The molecule has 0 amide bonds. The Labute approximate surface area is 123 Å². The number of hydrogen-bond acceptors (Lipinski definition) is 2. The van der Waals surface area contributed by atoms with Crippen LogP contribution in [0.15, 0.2) is 35.3 Å². The van der Waals surface area contributed by atoms with Crippen molar-refractivity contribution < 1.29 is 9.53 Å². The summed E-state index contributed by atoms with van der Waals surface area (Å²) >= 11 is 19.6. The first-order valence-corrected chi connectivity index (χ1v) is 6.46. The van der Waals surface area contributed by atoms with Gasteiger partial charge in [0.05, 0.1) is 4.47 Å². The van der Waals surface area contributed by atoms with Crippen LogP contribution in [0.2, 0.25) is 0 Å². The fourth-order valence-electron chi connectivity index (χ4n) is 1.13. The van der Waals surface area contributed by atoms with Gasteiger partial charge in [-0.1, -0.05) is 53.0 Å². The molecule has 0 fully saturated rings. The molecule has 0 saturated carbocycles. The molecule has 0 aliphatic rings. The molecule has 17 heavy (non-hydrogen) atoms. The predicted molar refractivity (Wildman–Crippen MR) is 74.0 cm³/mol. The van der Waals surface area contributed by atoms with Crippen LogP contribution in [0.1, 0.15) is 5.56 Å². The first-order chi connectivity index (χ1) is 7.86. The standard InChI is InChI=1S/C11H8BrCl3O2/c1-2-4-7-5-3-6-8(12)9(7)17-10(16)11(13,14)15/h2-3,5-6H,1,4H2. The highest BCUT2D eigenvalue weighted by atomic mass is 79.9. The summed E-state index contributed by atoms with van der Waals surface area (Å²) in [4.78, 5) is 11.5. The molecule has 6 heteroatoms. The van der Waals surface area contributed by atoms with E-state index in [1.807, 2.05) is 6.07 Å². The molecule has 0 spiro atoms.